The molecular formula is C5H7NO2S. The number of rotatable bonds is 1. The van der Waals surface area contributed by atoms with Gasteiger partial charge in [0.1, 0.15) is 5.25 Å². The molecule has 0 radical (unpaired) electrons. The van der Waals surface area contributed by atoms with E-state index in [1.165, 1.54) is 6.92 Å². The van der Waals surface area contributed by atoms with Gasteiger partial charge in [0.25, 0.3) is 0 Å². The molecule has 1 fully saturated rings. The number of amides is 1. The molecule has 9 heavy (non-hydrogen) atoms. The second kappa shape index (κ2) is 2.39. The average Bonchev–Trinajstić information content (AvgIpc) is 1.79. The second-order valence-electron chi connectivity index (χ2n) is 1.84. The molecule has 1 aliphatic rings. The molecule has 0 aliphatic carbocycles. The maximum Gasteiger partial charge on any atom is 0.235 e. The molecule has 1 heterocycles. The Labute approximate surface area is 57.2 Å². The highest BCUT2D eigenvalue weighted by Crippen LogP contribution is 2.15. The summed E-state index contributed by atoms with van der Waals surface area (Å²) in [6, 6.07) is 0. The summed E-state index contributed by atoms with van der Waals surface area (Å²) >= 11 is 1.10. The van der Waals surface area contributed by atoms with Crippen LogP contribution in [0.2, 0.25) is 0 Å². The predicted octanol–water partition coefficient (Wildman–Crippen LogP) is -0.235. The third-order valence-electron chi connectivity index (χ3n) is 1.06. The van der Waals surface area contributed by atoms with E-state index in [0.717, 1.165) is 11.8 Å². The molecule has 50 valence electrons. The zero-order chi connectivity index (χ0) is 6.85. The van der Waals surface area contributed by atoms with Gasteiger partial charge in [-0.3, -0.25) is 9.59 Å². The van der Waals surface area contributed by atoms with E-state index in [2.05, 4.69) is 5.32 Å². The van der Waals surface area contributed by atoms with E-state index in [9.17, 15) is 9.59 Å². The van der Waals surface area contributed by atoms with Gasteiger partial charge in [0.15, 0.2) is 5.12 Å². The lowest BCUT2D eigenvalue weighted by Gasteiger charge is -2.23. The van der Waals surface area contributed by atoms with Crippen LogP contribution in [0.15, 0.2) is 0 Å². The number of carbonyl (C=O) groups is 2. The monoisotopic (exact) mass is 145 g/mol. The molecule has 1 rings (SSSR count). The Morgan fingerprint density at radius 2 is 2.56 bits per heavy atom. The summed E-state index contributed by atoms with van der Waals surface area (Å²) in [5.74, 6) is -0.0183. The number of thioether (sulfide) groups is 1. The van der Waals surface area contributed by atoms with Gasteiger partial charge in [-0.05, 0) is 0 Å². The van der Waals surface area contributed by atoms with Crippen molar-refractivity contribution in [3.05, 3.63) is 0 Å². The van der Waals surface area contributed by atoms with Crippen LogP contribution in [0.3, 0.4) is 0 Å². The summed E-state index contributed by atoms with van der Waals surface area (Å²) in [7, 11) is 0. The van der Waals surface area contributed by atoms with Crippen molar-refractivity contribution in [2.75, 3.05) is 6.54 Å². The van der Waals surface area contributed by atoms with E-state index in [-0.39, 0.29) is 16.3 Å². The molecule has 0 saturated carbocycles. The smallest absolute Gasteiger partial charge is 0.235 e. The second-order valence-corrected chi connectivity index (χ2v) is 3.22. The number of hydrogen-bond acceptors (Lipinski definition) is 3. The van der Waals surface area contributed by atoms with Gasteiger partial charge < -0.3 is 5.32 Å². The van der Waals surface area contributed by atoms with Crippen molar-refractivity contribution in [3.8, 4) is 0 Å². The van der Waals surface area contributed by atoms with Gasteiger partial charge in [0.2, 0.25) is 5.91 Å². The lowest BCUT2D eigenvalue weighted by atomic mass is 10.3. The van der Waals surface area contributed by atoms with Gasteiger partial charge in [-0.15, -0.1) is 0 Å². The van der Waals surface area contributed by atoms with Crippen LogP contribution in [0.4, 0.5) is 0 Å². The summed E-state index contributed by atoms with van der Waals surface area (Å²) in [4.78, 5) is 20.9. The molecule has 1 saturated heterocycles. The van der Waals surface area contributed by atoms with E-state index in [1.54, 1.807) is 0 Å². The van der Waals surface area contributed by atoms with Crippen molar-refractivity contribution in [3.63, 3.8) is 0 Å². The van der Waals surface area contributed by atoms with Crippen molar-refractivity contribution >= 4 is 22.8 Å². The summed E-state index contributed by atoms with van der Waals surface area (Å²) in [5, 5.41) is 2.45. The molecule has 0 spiro atoms. The van der Waals surface area contributed by atoms with Gasteiger partial charge >= 0.3 is 0 Å². The highest BCUT2D eigenvalue weighted by Gasteiger charge is 2.29. The minimum absolute atomic E-state index is 0.00912. The average molecular weight is 145 g/mol. The summed E-state index contributed by atoms with van der Waals surface area (Å²) in [6.07, 6.45) is 0. The Morgan fingerprint density at radius 3 is 2.67 bits per heavy atom. The highest BCUT2D eigenvalue weighted by molar-refractivity contribution is 8.14. The highest BCUT2D eigenvalue weighted by atomic mass is 32.2. The SMILES string of the molecule is CC(=O)SC1CNC1=O. The first kappa shape index (κ1) is 6.61. The van der Waals surface area contributed by atoms with E-state index >= 15 is 0 Å². The first-order valence-corrected chi connectivity index (χ1v) is 3.53. The van der Waals surface area contributed by atoms with Gasteiger partial charge in [-0.25, -0.2) is 0 Å². The largest absolute Gasteiger partial charge is 0.353 e. The molecular weight excluding hydrogens is 138 g/mol. The molecule has 1 atom stereocenters. The maximum atomic E-state index is 10.5. The van der Waals surface area contributed by atoms with E-state index in [4.69, 9.17) is 0 Å². The standard InChI is InChI=1S/C5H7NO2S/c1-3(7)9-4-2-6-5(4)8/h4H,2H2,1H3,(H,6,8). The lowest BCUT2D eigenvalue weighted by Crippen LogP contribution is -2.51. The fraction of sp³-hybridized carbons (Fsp3) is 0.600. The summed E-state index contributed by atoms with van der Waals surface area (Å²) < 4.78 is 0. The molecule has 4 heteroatoms. The molecule has 1 unspecified atom stereocenters. The van der Waals surface area contributed by atoms with Gasteiger partial charge in [-0.2, -0.15) is 0 Å². The first-order chi connectivity index (χ1) is 4.20. The van der Waals surface area contributed by atoms with E-state index < -0.39 is 0 Å². The van der Waals surface area contributed by atoms with E-state index in [1.807, 2.05) is 0 Å². The van der Waals surface area contributed by atoms with Crippen molar-refractivity contribution in [1.82, 2.24) is 5.32 Å². The first-order valence-electron chi connectivity index (χ1n) is 2.65. The molecule has 3 nitrogen and oxygen atoms in total. The van der Waals surface area contributed by atoms with Crippen LogP contribution in [0.1, 0.15) is 6.92 Å². The minimum Gasteiger partial charge on any atom is -0.353 e. The fourth-order valence-corrected chi connectivity index (χ4v) is 1.32. The molecule has 0 bridgehead atoms. The Bertz CT molecular complexity index is 157. The normalized spacial score (nSPS) is 24.6. The zero-order valence-electron chi connectivity index (χ0n) is 5.01. The lowest BCUT2D eigenvalue weighted by molar-refractivity contribution is -0.125. The van der Waals surface area contributed by atoms with Crippen LogP contribution >= 0.6 is 11.8 Å². The minimum atomic E-state index is -0.109. The topological polar surface area (TPSA) is 46.2 Å². The summed E-state index contributed by atoms with van der Waals surface area (Å²) in [5.41, 5.74) is 0. The molecule has 0 aromatic carbocycles. The Morgan fingerprint density at radius 1 is 1.89 bits per heavy atom. The van der Waals surface area contributed by atoms with Crippen LogP contribution in [0.5, 0.6) is 0 Å². The zero-order valence-corrected chi connectivity index (χ0v) is 5.83. The van der Waals surface area contributed by atoms with Gasteiger partial charge in [0.05, 0.1) is 0 Å². The Hall–Kier alpha value is -0.510. The third kappa shape index (κ3) is 1.45. The fourth-order valence-electron chi connectivity index (χ4n) is 0.564. The van der Waals surface area contributed by atoms with Crippen LogP contribution in [0.25, 0.3) is 0 Å². The van der Waals surface area contributed by atoms with Crippen molar-refractivity contribution in [2.24, 2.45) is 0 Å². The van der Waals surface area contributed by atoms with Crippen LogP contribution < -0.4 is 5.32 Å². The molecule has 1 aliphatic heterocycles. The van der Waals surface area contributed by atoms with E-state index in [0.29, 0.717) is 6.54 Å². The van der Waals surface area contributed by atoms with Crippen molar-refractivity contribution < 1.29 is 9.59 Å². The number of nitrogens with one attached hydrogen (secondary N) is 1. The quantitative estimate of drug-likeness (QED) is 0.518. The molecule has 1 N–H and O–H groups in total. The van der Waals surface area contributed by atoms with Gasteiger partial charge in [0, 0.05) is 13.5 Å². The maximum absolute atomic E-state index is 10.5. The van der Waals surface area contributed by atoms with Crippen molar-refractivity contribution in [2.45, 2.75) is 12.2 Å². The van der Waals surface area contributed by atoms with Crippen LogP contribution in [-0.2, 0) is 9.59 Å². The van der Waals surface area contributed by atoms with Crippen molar-refractivity contribution in [1.29, 1.82) is 0 Å². The predicted molar refractivity (Wildman–Crippen MR) is 35.1 cm³/mol. The van der Waals surface area contributed by atoms with Gasteiger partial charge in [-0.1, -0.05) is 11.8 Å². The molecule has 0 aromatic rings. The Kier molecular flexibility index (Phi) is 1.75. The Balaban J connectivity index is 2.29. The third-order valence-corrected chi connectivity index (χ3v) is 2.06. The van der Waals surface area contributed by atoms with Crippen LogP contribution in [-0.4, -0.2) is 22.8 Å². The van der Waals surface area contributed by atoms with Crippen LogP contribution in [0, 0.1) is 0 Å². The number of carbonyl (C=O) groups excluding carboxylic acids is 2. The molecule has 0 aromatic heterocycles. The summed E-state index contributed by atoms with van der Waals surface area (Å²) in [6.45, 7) is 2.11. The molecule has 1 amide bonds. The number of β-lactam (4-membered cyclic amide) rings is 1. The number of hydrogen-bond donors (Lipinski definition) is 1.